The van der Waals surface area contributed by atoms with Crippen molar-refractivity contribution in [2.24, 2.45) is 0 Å². The minimum atomic E-state index is 0.0190. The highest BCUT2D eigenvalue weighted by Crippen LogP contribution is 2.23. The third-order valence-electron chi connectivity index (χ3n) is 4.60. The second-order valence-corrected chi connectivity index (χ2v) is 6.29. The van der Waals surface area contributed by atoms with E-state index in [2.05, 4.69) is 19.2 Å². The summed E-state index contributed by atoms with van der Waals surface area (Å²) in [5.41, 5.74) is 1.11. The van der Waals surface area contributed by atoms with Crippen LogP contribution in [0.1, 0.15) is 51.1 Å². The number of carbonyl (C=O) groups excluding carboxylic acids is 1. The van der Waals surface area contributed by atoms with Crippen molar-refractivity contribution in [1.29, 1.82) is 0 Å². The van der Waals surface area contributed by atoms with Gasteiger partial charge in [0.05, 0.1) is 6.54 Å². The van der Waals surface area contributed by atoms with E-state index in [-0.39, 0.29) is 18.6 Å². The molecule has 122 valence electrons. The lowest BCUT2D eigenvalue weighted by Gasteiger charge is -2.39. The molecule has 1 saturated heterocycles. The lowest BCUT2D eigenvalue weighted by Crippen LogP contribution is -2.50. The van der Waals surface area contributed by atoms with Crippen LogP contribution in [0.4, 0.5) is 0 Å². The molecule has 0 aromatic heterocycles. The van der Waals surface area contributed by atoms with Crippen molar-refractivity contribution in [3.05, 3.63) is 35.9 Å². The molecule has 1 amide bonds. The number of nitrogens with one attached hydrogen (secondary N) is 1. The van der Waals surface area contributed by atoms with Gasteiger partial charge in [0.25, 0.3) is 0 Å². The Hall–Kier alpha value is -1.39. The van der Waals surface area contributed by atoms with Gasteiger partial charge in [-0.1, -0.05) is 30.3 Å². The SMILES string of the molecule is CC1CCCC(C)N1C(=O)CNC(CCO)c1ccccc1. The largest absolute Gasteiger partial charge is 0.396 e. The Morgan fingerprint density at radius 1 is 1.27 bits per heavy atom. The van der Waals surface area contributed by atoms with Crippen molar-refractivity contribution in [2.45, 2.75) is 57.7 Å². The molecule has 1 aliphatic heterocycles. The average Bonchev–Trinajstić information content (AvgIpc) is 2.52. The van der Waals surface area contributed by atoms with Crippen LogP contribution in [0.15, 0.2) is 30.3 Å². The van der Waals surface area contributed by atoms with Crippen molar-refractivity contribution < 1.29 is 9.90 Å². The van der Waals surface area contributed by atoms with Gasteiger partial charge in [-0.25, -0.2) is 0 Å². The molecule has 1 aliphatic rings. The van der Waals surface area contributed by atoms with Gasteiger partial charge in [0.2, 0.25) is 5.91 Å². The first kappa shape index (κ1) is 17.0. The number of carbonyl (C=O) groups is 1. The molecule has 0 saturated carbocycles. The lowest BCUT2D eigenvalue weighted by molar-refractivity contribution is -0.136. The van der Waals surface area contributed by atoms with Gasteiger partial charge in [0.1, 0.15) is 0 Å². The standard InChI is InChI=1S/C18H28N2O2/c1-14-7-6-8-15(2)20(14)18(22)13-19-17(11-12-21)16-9-4-3-5-10-16/h3-5,9-10,14-15,17,19,21H,6-8,11-13H2,1-2H3. The molecule has 1 fully saturated rings. The van der Waals surface area contributed by atoms with E-state index in [1.54, 1.807) is 0 Å². The number of hydrogen-bond donors (Lipinski definition) is 2. The van der Waals surface area contributed by atoms with E-state index in [1.165, 1.54) is 6.42 Å². The number of rotatable bonds is 6. The van der Waals surface area contributed by atoms with Gasteiger partial charge in [-0.15, -0.1) is 0 Å². The molecule has 0 spiro atoms. The predicted octanol–water partition coefficient (Wildman–Crippen LogP) is 2.49. The van der Waals surface area contributed by atoms with Crippen molar-refractivity contribution >= 4 is 5.91 Å². The molecule has 1 heterocycles. The van der Waals surface area contributed by atoms with Gasteiger partial charge in [0.15, 0.2) is 0 Å². The molecular formula is C18H28N2O2. The summed E-state index contributed by atoms with van der Waals surface area (Å²) in [4.78, 5) is 14.6. The third-order valence-corrected chi connectivity index (χ3v) is 4.60. The van der Waals surface area contributed by atoms with E-state index in [9.17, 15) is 9.90 Å². The van der Waals surface area contributed by atoms with Crippen LogP contribution in [0.2, 0.25) is 0 Å². The van der Waals surface area contributed by atoms with Crippen LogP contribution < -0.4 is 5.32 Å². The summed E-state index contributed by atoms with van der Waals surface area (Å²) in [7, 11) is 0. The van der Waals surface area contributed by atoms with Crippen LogP contribution in [0.25, 0.3) is 0 Å². The second-order valence-electron chi connectivity index (χ2n) is 6.29. The molecule has 4 heteroatoms. The fraction of sp³-hybridized carbons (Fsp3) is 0.611. The molecule has 2 rings (SSSR count). The number of likely N-dealkylation sites (tertiary alicyclic amines) is 1. The highest BCUT2D eigenvalue weighted by atomic mass is 16.3. The molecule has 3 unspecified atom stereocenters. The van der Waals surface area contributed by atoms with E-state index < -0.39 is 0 Å². The van der Waals surface area contributed by atoms with Crippen LogP contribution in [-0.2, 0) is 4.79 Å². The molecule has 2 N–H and O–H groups in total. The third kappa shape index (κ3) is 4.31. The molecule has 0 radical (unpaired) electrons. The van der Waals surface area contributed by atoms with Crippen molar-refractivity contribution in [3.63, 3.8) is 0 Å². The van der Waals surface area contributed by atoms with E-state index in [4.69, 9.17) is 0 Å². The molecule has 22 heavy (non-hydrogen) atoms. The Bertz CT molecular complexity index is 453. The smallest absolute Gasteiger partial charge is 0.237 e. The Balaban J connectivity index is 1.95. The highest BCUT2D eigenvalue weighted by molar-refractivity contribution is 5.79. The van der Waals surface area contributed by atoms with E-state index >= 15 is 0 Å². The number of piperidine rings is 1. The number of nitrogens with zero attached hydrogens (tertiary/aromatic N) is 1. The Kier molecular flexibility index (Phi) is 6.40. The molecular weight excluding hydrogens is 276 g/mol. The highest BCUT2D eigenvalue weighted by Gasteiger charge is 2.28. The summed E-state index contributed by atoms with van der Waals surface area (Å²) in [6, 6.07) is 10.7. The summed E-state index contributed by atoms with van der Waals surface area (Å²) in [6.45, 7) is 4.71. The Labute approximate surface area is 133 Å². The van der Waals surface area contributed by atoms with Crippen LogP contribution in [0, 0.1) is 0 Å². The number of aliphatic hydroxyl groups is 1. The van der Waals surface area contributed by atoms with E-state index in [1.807, 2.05) is 35.2 Å². The monoisotopic (exact) mass is 304 g/mol. The first-order valence-electron chi connectivity index (χ1n) is 8.33. The van der Waals surface area contributed by atoms with Gasteiger partial charge in [-0.2, -0.15) is 0 Å². The first-order valence-corrected chi connectivity index (χ1v) is 8.33. The molecule has 0 aliphatic carbocycles. The average molecular weight is 304 g/mol. The van der Waals surface area contributed by atoms with Gasteiger partial charge < -0.3 is 15.3 Å². The van der Waals surface area contributed by atoms with Gasteiger partial charge in [0, 0.05) is 24.7 Å². The fourth-order valence-corrected chi connectivity index (χ4v) is 3.42. The number of hydrogen-bond acceptors (Lipinski definition) is 3. The topological polar surface area (TPSA) is 52.6 Å². The molecule has 3 atom stereocenters. The summed E-state index contributed by atoms with van der Waals surface area (Å²) < 4.78 is 0. The summed E-state index contributed by atoms with van der Waals surface area (Å²) in [5.74, 6) is 0.165. The van der Waals surface area contributed by atoms with Crippen molar-refractivity contribution in [1.82, 2.24) is 10.2 Å². The maximum absolute atomic E-state index is 12.6. The summed E-state index contributed by atoms with van der Waals surface area (Å²) in [6.07, 6.45) is 4.00. The van der Waals surface area contributed by atoms with Gasteiger partial charge in [-0.05, 0) is 45.1 Å². The maximum atomic E-state index is 12.6. The van der Waals surface area contributed by atoms with E-state index in [0.717, 1.165) is 18.4 Å². The molecule has 1 aromatic rings. The summed E-state index contributed by atoms with van der Waals surface area (Å²) in [5, 5.41) is 12.6. The van der Waals surface area contributed by atoms with Gasteiger partial charge >= 0.3 is 0 Å². The van der Waals surface area contributed by atoms with Crippen LogP contribution in [0.3, 0.4) is 0 Å². The molecule has 1 aromatic carbocycles. The Morgan fingerprint density at radius 2 is 1.91 bits per heavy atom. The van der Waals surface area contributed by atoms with E-state index in [0.29, 0.717) is 25.0 Å². The maximum Gasteiger partial charge on any atom is 0.237 e. The van der Waals surface area contributed by atoms with Crippen molar-refractivity contribution in [3.8, 4) is 0 Å². The number of amides is 1. The Morgan fingerprint density at radius 3 is 2.50 bits per heavy atom. The molecule has 4 nitrogen and oxygen atoms in total. The molecule has 0 bridgehead atoms. The van der Waals surface area contributed by atoms with Gasteiger partial charge in [-0.3, -0.25) is 4.79 Å². The van der Waals surface area contributed by atoms with Crippen LogP contribution in [-0.4, -0.2) is 41.1 Å². The quantitative estimate of drug-likeness (QED) is 0.849. The predicted molar refractivity (Wildman–Crippen MR) is 88.5 cm³/mol. The lowest BCUT2D eigenvalue weighted by atomic mass is 9.97. The van der Waals surface area contributed by atoms with Crippen molar-refractivity contribution in [2.75, 3.05) is 13.2 Å². The minimum absolute atomic E-state index is 0.0190. The zero-order valence-corrected chi connectivity index (χ0v) is 13.7. The van der Waals surface area contributed by atoms with Crippen LogP contribution in [0.5, 0.6) is 0 Å². The first-order chi connectivity index (χ1) is 10.6. The number of aliphatic hydroxyl groups excluding tert-OH is 1. The summed E-state index contributed by atoms with van der Waals surface area (Å²) >= 11 is 0. The minimum Gasteiger partial charge on any atom is -0.396 e. The normalized spacial score (nSPS) is 23.3. The number of benzene rings is 1. The van der Waals surface area contributed by atoms with Crippen LogP contribution >= 0.6 is 0 Å². The zero-order valence-electron chi connectivity index (χ0n) is 13.7. The fourth-order valence-electron chi connectivity index (χ4n) is 3.42. The zero-order chi connectivity index (χ0) is 15.9. The second kappa shape index (κ2) is 8.30.